The largest absolute Gasteiger partial charge is 0.353 e. The van der Waals surface area contributed by atoms with Gasteiger partial charge in [-0.25, -0.2) is 14.6 Å². The summed E-state index contributed by atoms with van der Waals surface area (Å²) in [4.78, 5) is 25.9. The first-order valence-electron chi connectivity index (χ1n) is 8.76. The van der Waals surface area contributed by atoms with Gasteiger partial charge in [0.25, 0.3) is 5.91 Å². The number of carbonyl (C=O) groups excluding carboxylic acids is 1. The number of halogens is 1. The fourth-order valence-electron chi connectivity index (χ4n) is 3.16. The lowest BCUT2D eigenvalue weighted by Gasteiger charge is -2.35. The number of piperazine rings is 1. The fourth-order valence-corrected chi connectivity index (χ4v) is 3.78. The minimum atomic E-state index is 0.0933. The number of hydrogen-bond donors (Lipinski definition) is 0. The number of aryl methyl sites for hydroxylation is 1. The third kappa shape index (κ3) is 3.80. The molecule has 2 aromatic heterocycles. The van der Waals surface area contributed by atoms with Crippen LogP contribution in [0.5, 0.6) is 0 Å². The van der Waals surface area contributed by atoms with Crippen molar-refractivity contribution < 1.29 is 4.79 Å². The number of nitrogens with zero attached hydrogens (tertiary/aromatic N) is 6. The van der Waals surface area contributed by atoms with Gasteiger partial charge in [0, 0.05) is 48.2 Å². The number of amides is 1. The topological polar surface area (TPSA) is 67.2 Å². The molecule has 1 fully saturated rings. The quantitative estimate of drug-likeness (QED) is 0.546. The highest BCUT2D eigenvalue weighted by Gasteiger charge is 2.24. The minimum absolute atomic E-state index is 0.0933. The van der Waals surface area contributed by atoms with Crippen LogP contribution in [0, 0.1) is 10.5 Å². The number of anilines is 1. The van der Waals surface area contributed by atoms with E-state index in [2.05, 4.69) is 42.6 Å². The van der Waals surface area contributed by atoms with Crippen LogP contribution in [0.4, 0.5) is 5.82 Å². The van der Waals surface area contributed by atoms with Crippen LogP contribution in [0.1, 0.15) is 16.2 Å². The first-order valence-corrected chi connectivity index (χ1v) is 9.84. The lowest BCUT2D eigenvalue weighted by molar-refractivity contribution is 0.0745. The molecule has 0 unspecified atom stereocenters. The number of carbonyl (C=O) groups is 1. The standard InChI is InChI=1S/C19H19IN6O/c1-14-22-17(13-18(23-14)26-8-4-7-21-26)24-9-11-25(12-10-24)19(27)15-5-2-3-6-16(15)20/h2-8,13H,9-12H2,1H3. The van der Waals surface area contributed by atoms with Crippen LogP contribution in [0.15, 0.2) is 48.8 Å². The van der Waals surface area contributed by atoms with Crippen LogP contribution in [0.2, 0.25) is 0 Å². The van der Waals surface area contributed by atoms with E-state index in [0.717, 1.165) is 33.9 Å². The summed E-state index contributed by atoms with van der Waals surface area (Å²) >= 11 is 2.21. The second kappa shape index (κ2) is 7.63. The van der Waals surface area contributed by atoms with Crippen molar-refractivity contribution >= 4 is 34.3 Å². The van der Waals surface area contributed by atoms with E-state index in [4.69, 9.17) is 0 Å². The fraction of sp³-hybridized carbons (Fsp3) is 0.263. The van der Waals surface area contributed by atoms with E-state index < -0.39 is 0 Å². The van der Waals surface area contributed by atoms with E-state index in [0.29, 0.717) is 18.9 Å². The summed E-state index contributed by atoms with van der Waals surface area (Å²) in [6.07, 6.45) is 3.59. The molecule has 1 amide bonds. The highest BCUT2D eigenvalue weighted by Crippen LogP contribution is 2.19. The molecule has 0 aliphatic carbocycles. The number of rotatable bonds is 3. The molecule has 7 nitrogen and oxygen atoms in total. The summed E-state index contributed by atoms with van der Waals surface area (Å²) in [5, 5.41) is 4.25. The van der Waals surface area contributed by atoms with Crippen LogP contribution in [0.3, 0.4) is 0 Å². The third-order valence-electron chi connectivity index (χ3n) is 4.55. The number of aromatic nitrogens is 4. The monoisotopic (exact) mass is 474 g/mol. The second-order valence-corrected chi connectivity index (χ2v) is 7.50. The van der Waals surface area contributed by atoms with Gasteiger partial charge in [-0.1, -0.05) is 12.1 Å². The highest BCUT2D eigenvalue weighted by atomic mass is 127. The summed E-state index contributed by atoms with van der Waals surface area (Å²) in [5.74, 6) is 2.42. The van der Waals surface area contributed by atoms with Crippen LogP contribution in [-0.4, -0.2) is 56.7 Å². The van der Waals surface area contributed by atoms with Gasteiger partial charge in [0.15, 0.2) is 5.82 Å². The van der Waals surface area contributed by atoms with Crippen molar-refractivity contribution in [3.63, 3.8) is 0 Å². The molecule has 1 aliphatic heterocycles. The first kappa shape index (κ1) is 17.9. The Morgan fingerprint density at radius 3 is 2.48 bits per heavy atom. The Hall–Kier alpha value is -2.49. The summed E-state index contributed by atoms with van der Waals surface area (Å²) in [6, 6.07) is 11.5. The van der Waals surface area contributed by atoms with Gasteiger partial charge in [0.2, 0.25) is 0 Å². The van der Waals surface area contributed by atoms with Crippen LogP contribution in [0.25, 0.3) is 5.82 Å². The van der Waals surface area contributed by atoms with E-state index in [1.165, 1.54) is 0 Å². The Kier molecular flexibility index (Phi) is 5.06. The van der Waals surface area contributed by atoms with Crippen LogP contribution < -0.4 is 4.90 Å². The Balaban J connectivity index is 1.48. The molecule has 138 valence electrons. The van der Waals surface area contributed by atoms with Gasteiger partial charge < -0.3 is 9.80 Å². The molecule has 4 rings (SSSR count). The normalized spacial score (nSPS) is 14.4. The molecule has 3 heterocycles. The summed E-state index contributed by atoms with van der Waals surface area (Å²) < 4.78 is 2.72. The van der Waals surface area contributed by atoms with Gasteiger partial charge >= 0.3 is 0 Å². The Labute approximate surface area is 171 Å². The van der Waals surface area contributed by atoms with Crippen molar-refractivity contribution in [3.05, 3.63) is 63.7 Å². The zero-order chi connectivity index (χ0) is 18.8. The number of benzene rings is 1. The maximum Gasteiger partial charge on any atom is 0.255 e. The maximum absolute atomic E-state index is 12.8. The van der Waals surface area contributed by atoms with E-state index in [9.17, 15) is 4.79 Å². The van der Waals surface area contributed by atoms with Gasteiger partial charge in [-0.05, 0) is 47.7 Å². The molecule has 0 bridgehead atoms. The molecule has 8 heteroatoms. The lowest BCUT2D eigenvalue weighted by atomic mass is 10.2. The summed E-state index contributed by atoms with van der Waals surface area (Å²) in [5.41, 5.74) is 0.769. The molecule has 1 aromatic carbocycles. The summed E-state index contributed by atoms with van der Waals surface area (Å²) in [7, 11) is 0. The van der Waals surface area contributed by atoms with E-state index in [1.54, 1.807) is 10.9 Å². The molecular formula is C19H19IN6O. The van der Waals surface area contributed by atoms with Crippen LogP contribution >= 0.6 is 22.6 Å². The number of hydrogen-bond acceptors (Lipinski definition) is 5. The predicted molar refractivity (Wildman–Crippen MR) is 111 cm³/mol. The molecule has 0 saturated carbocycles. The smallest absolute Gasteiger partial charge is 0.255 e. The Morgan fingerprint density at radius 2 is 1.78 bits per heavy atom. The van der Waals surface area contributed by atoms with E-state index >= 15 is 0 Å². The van der Waals surface area contributed by atoms with Crippen molar-refractivity contribution in [1.29, 1.82) is 0 Å². The zero-order valence-corrected chi connectivity index (χ0v) is 17.1. The van der Waals surface area contributed by atoms with Crippen molar-refractivity contribution in [2.75, 3.05) is 31.1 Å². The lowest BCUT2D eigenvalue weighted by Crippen LogP contribution is -2.49. The average Bonchev–Trinajstić information content (AvgIpc) is 3.22. The Morgan fingerprint density at radius 1 is 1.04 bits per heavy atom. The van der Waals surface area contributed by atoms with Crippen molar-refractivity contribution in [3.8, 4) is 5.82 Å². The van der Waals surface area contributed by atoms with Gasteiger partial charge in [0.1, 0.15) is 11.6 Å². The maximum atomic E-state index is 12.8. The first-order chi connectivity index (χ1) is 13.1. The molecule has 3 aromatic rings. The van der Waals surface area contributed by atoms with Gasteiger partial charge in [-0.3, -0.25) is 4.79 Å². The molecule has 1 saturated heterocycles. The Bertz CT molecular complexity index is 951. The second-order valence-electron chi connectivity index (χ2n) is 6.34. The van der Waals surface area contributed by atoms with Crippen molar-refractivity contribution in [1.82, 2.24) is 24.6 Å². The van der Waals surface area contributed by atoms with Crippen molar-refractivity contribution in [2.24, 2.45) is 0 Å². The average molecular weight is 474 g/mol. The predicted octanol–water partition coefficient (Wildman–Crippen LogP) is 2.54. The summed E-state index contributed by atoms with van der Waals surface area (Å²) in [6.45, 7) is 4.70. The van der Waals surface area contributed by atoms with Gasteiger partial charge in [0.05, 0.1) is 5.56 Å². The molecule has 27 heavy (non-hydrogen) atoms. The third-order valence-corrected chi connectivity index (χ3v) is 5.49. The van der Waals surface area contributed by atoms with Gasteiger partial charge in [-0.2, -0.15) is 5.10 Å². The van der Waals surface area contributed by atoms with E-state index in [-0.39, 0.29) is 5.91 Å². The van der Waals surface area contributed by atoms with E-state index in [1.807, 2.05) is 54.4 Å². The molecule has 0 radical (unpaired) electrons. The SMILES string of the molecule is Cc1nc(N2CCN(C(=O)c3ccccc3I)CC2)cc(-n2cccn2)n1. The zero-order valence-electron chi connectivity index (χ0n) is 14.9. The minimum Gasteiger partial charge on any atom is -0.353 e. The molecule has 0 spiro atoms. The molecule has 0 N–H and O–H groups in total. The molecule has 1 aliphatic rings. The van der Waals surface area contributed by atoms with Gasteiger partial charge in [-0.15, -0.1) is 0 Å². The highest BCUT2D eigenvalue weighted by molar-refractivity contribution is 14.1. The molecular weight excluding hydrogens is 455 g/mol. The van der Waals surface area contributed by atoms with Crippen LogP contribution in [-0.2, 0) is 0 Å². The molecule has 0 atom stereocenters. The van der Waals surface area contributed by atoms with Crippen molar-refractivity contribution in [2.45, 2.75) is 6.92 Å².